The third-order valence-electron chi connectivity index (χ3n) is 2.09. The van der Waals surface area contributed by atoms with Crippen LogP contribution in [0.15, 0.2) is 47.1 Å². The van der Waals surface area contributed by atoms with E-state index in [-0.39, 0.29) is 5.76 Å². The predicted molar refractivity (Wildman–Crippen MR) is 49.6 cm³/mol. The van der Waals surface area contributed by atoms with Gasteiger partial charge >= 0.3 is 0 Å². The van der Waals surface area contributed by atoms with E-state index in [1.165, 1.54) is 18.4 Å². The van der Waals surface area contributed by atoms with Crippen LogP contribution in [0.5, 0.6) is 0 Å². The molecular formula is C10H8N2O2. The van der Waals surface area contributed by atoms with Crippen LogP contribution in [-0.2, 0) is 4.74 Å². The SMILES string of the molecule is N#CC1=C2C=CC(O)=C[C@@H]2OC=C1N. The molecule has 0 spiro atoms. The van der Waals surface area contributed by atoms with Crippen molar-refractivity contribution in [3.63, 3.8) is 0 Å². The van der Waals surface area contributed by atoms with E-state index < -0.39 is 6.10 Å². The molecule has 0 amide bonds. The summed E-state index contributed by atoms with van der Waals surface area (Å²) in [5, 5.41) is 18.1. The molecule has 0 saturated carbocycles. The Morgan fingerprint density at radius 3 is 3.00 bits per heavy atom. The average Bonchev–Trinajstić information content (AvgIpc) is 2.18. The molecule has 4 nitrogen and oxygen atoms in total. The van der Waals surface area contributed by atoms with Gasteiger partial charge in [0, 0.05) is 11.6 Å². The third-order valence-corrected chi connectivity index (χ3v) is 2.09. The molecule has 0 aromatic carbocycles. The largest absolute Gasteiger partial charge is 0.508 e. The summed E-state index contributed by atoms with van der Waals surface area (Å²) in [6, 6.07) is 2.01. The second-order valence-corrected chi connectivity index (χ2v) is 3.00. The number of allylic oxidation sites excluding steroid dienone is 2. The van der Waals surface area contributed by atoms with Gasteiger partial charge in [-0.15, -0.1) is 0 Å². The summed E-state index contributed by atoms with van der Waals surface area (Å²) < 4.78 is 5.21. The molecule has 1 aliphatic carbocycles. The smallest absolute Gasteiger partial charge is 0.146 e. The molecule has 0 fully saturated rings. The van der Waals surface area contributed by atoms with Crippen LogP contribution in [-0.4, -0.2) is 11.2 Å². The molecule has 0 bridgehead atoms. The van der Waals surface area contributed by atoms with Crippen molar-refractivity contribution in [3.05, 3.63) is 47.1 Å². The van der Waals surface area contributed by atoms with Crippen LogP contribution in [0, 0.1) is 11.3 Å². The van der Waals surface area contributed by atoms with Gasteiger partial charge in [0.1, 0.15) is 24.2 Å². The number of fused-ring (bicyclic) bond motifs is 1. The molecule has 0 aromatic heterocycles. The zero-order valence-corrected chi connectivity index (χ0v) is 7.27. The highest BCUT2D eigenvalue weighted by Gasteiger charge is 2.24. The van der Waals surface area contributed by atoms with E-state index >= 15 is 0 Å². The second-order valence-electron chi connectivity index (χ2n) is 3.00. The van der Waals surface area contributed by atoms with Gasteiger partial charge in [-0.2, -0.15) is 5.26 Å². The van der Waals surface area contributed by atoms with E-state index in [1.54, 1.807) is 6.08 Å². The molecule has 14 heavy (non-hydrogen) atoms. The Morgan fingerprint density at radius 2 is 2.29 bits per heavy atom. The van der Waals surface area contributed by atoms with Crippen molar-refractivity contribution in [3.8, 4) is 6.07 Å². The number of nitrogens with two attached hydrogens (primary N) is 1. The highest BCUT2D eigenvalue weighted by Crippen LogP contribution is 2.27. The van der Waals surface area contributed by atoms with Gasteiger partial charge in [0.05, 0.1) is 11.3 Å². The van der Waals surface area contributed by atoms with Gasteiger partial charge in [-0.05, 0) is 12.2 Å². The summed E-state index contributed by atoms with van der Waals surface area (Å²) in [5.41, 5.74) is 6.98. The maximum atomic E-state index is 9.21. The third kappa shape index (κ3) is 1.15. The van der Waals surface area contributed by atoms with E-state index in [0.717, 1.165) is 0 Å². The average molecular weight is 188 g/mol. The minimum atomic E-state index is -0.401. The van der Waals surface area contributed by atoms with E-state index in [2.05, 4.69) is 0 Å². The van der Waals surface area contributed by atoms with E-state index in [4.69, 9.17) is 15.7 Å². The van der Waals surface area contributed by atoms with Crippen molar-refractivity contribution in [1.29, 1.82) is 5.26 Å². The molecule has 1 heterocycles. The number of nitrogens with zero attached hydrogens (tertiary/aromatic N) is 1. The fraction of sp³-hybridized carbons (Fsp3) is 0.100. The van der Waals surface area contributed by atoms with Crippen LogP contribution < -0.4 is 5.73 Å². The Labute approximate surface area is 80.9 Å². The summed E-state index contributed by atoms with van der Waals surface area (Å²) in [5.74, 6) is 0.130. The molecule has 70 valence electrons. The summed E-state index contributed by atoms with van der Waals surface area (Å²) >= 11 is 0. The van der Waals surface area contributed by atoms with Gasteiger partial charge in [0.25, 0.3) is 0 Å². The number of ether oxygens (including phenoxy) is 1. The quantitative estimate of drug-likeness (QED) is 0.594. The van der Waals surface area contributed by atoms with Crippen molar-refractivity contribution < 1.29 is 9.84 Å². The Balaban J connectivity index is 2.50. The van der Waals surface area contributed by atoms with Crippen LogP contribution in [0.25, 0.3) is 0 Å². The molecule has 0 radical (unpaired) electrons. The maximum absolute atomic E-state index is 9.21. The van der Waals surface area contributed by atoms with Gasteiger partial charge in [-0.25, -0.2) is 0 Å². The molecular weight excluding hydrogens is 180 g/mol. The lowest BCUT2D eigenvalue weighted by Gasteiger charge is -2.23. The lowest BCUT2D eigenvalue weighted by Crippen LogP contribution is -2.21. The molecule has 1 atom stereocenters. The van der Waals surface area contributed by atoms with Crippen LogP contribution in [0.2, 0.25) is 0 Å². The lowest BCUT2D eigenvalue weighted by molar-refractivity contribution is 0.206. The van der Waals surface area contributed by atoms with Crippen molar-refractivity contribution in [1.82, 2.24) is 0 Å². The standard InChI is InChI=1S/C10H8N2O2/c11-4-8-7-2-1-6(13)3-10(7)14-5-9(8)12/h1-3,5,10,13H,12H2/t10-/m0/s1. The first-order chi connectivity index (χ1) is 6.72. The molecule has 0 unspecified atom stereocenters. The molecule has 2 aliphatic rings. The Kier molecular flexibility index (Phi) is 1.79. The number of rotatable bonds is 0. The number of aliphatic hydroxyl groups is 1. The van der Waals surface area contributed by atoms with E-state index in [9.17, 15) is 5.11 Å². The molecule has 3 N–H and O–H groups in total. The Bertz CT molecular complexity index is 436. The summed E-state index contributed by atoms with van der Waals surface area (Å²) in [7, 11) is 0. The van der Waals surface area contributed by atoms with Gasteiger partial charge in [-0.1, -0.05) is 0 Å². The highest BCUT2D eigenvalue weighted by molar-refractivity contribution is 5.54. The fourth-order valence-electron chi connectivity index (χ4n) is 1.41. The number of nitriles is 1. The topological polar surface area (TPSA) is 79.3 Å². The number of aliphatic hydroxyl groups excluding tert-OH is 1. The van der Waals surface area contributed by atoms with E-state index in [0.29, 0.717) is 16.8 Å². The van der Waals surface area contributed by atoms with Gasteiger partial charge in [0.2, 0.25) is 0 Å². The predicted octanol–water partition coefficient (Wildman–Crippen LogP) is 1.02. The zero-order valence-electron chi connectivity index (χ0n) is 7.27. The minimum absolute atomic E-state index is 0.130. The molecule has 4 heteroatoms. The zero-order chi connectivity index (χ0) is 10.1. The first kappa shape index (κ1) is 8.45. The van der Waals surface area contributed by atoms with Crippen molar-refractivity contribution >= 4 is 0 Å². The normalized spacial score (nSPS) is 24.4. The van der Waals surface area contributed by atoms with Gasteiger partial charge in [-0.3, -0.25) is 0 Å². The van der Waals surface area contributed by atoms with Crippen LogP contribution in [0.3, 0.4) is 0 Å². The first-order valence-corrected chi connectivity index (χ1v) is 4.07. The van der Waals surface area contributed by atoms with E-state index in [1.807, 2.05) is 6.07 Å². The van der Waals surface area contributed by atoms with Gasteiger partial charge < -0.3 is 15.6 Å². The summed E-state index contributed by atoms with van der Waals surface area (Å²) in [6.45, 7) is 0. The lowest BCUT2D eigenvalue weighted by atomic mass is 9.95. The second kappa shape index (κ2) is 2.96. The first-order valence-electron chi connectivity index (χ1n) is 4.07. The van der Waals surface area contributed by atoms with Crippen LogP contribution in [0.1, 0.15) is 0 Å². The summed E-state index contributed by atoms with van der Waals surface area (Å²) in [6.07, 6.45) is 5.59. The summed E-state index contributed by atoms with van der Waals surface area (Å²) in [4.78, 5) is 0. The van der Waals surface area contributed by atoms with Crippen LogP contribution >= 0.6 is 0 Å². The molecule has 1 aliphatic heterocycles. The minimum Gasteiger partial charge on any atom is -0.508 e. The molecule has 2 rings (SSSR count). The Morgan fingerprint density at radius 1 is 1.50 bits per heavy atom. The Hall–Kier alpha value is -2.15. The molecule has 0 aromatic rings. The maximum Gasteiger partial charge on any atom is 0.146 e. The van der Waals surface area contributed by atoms with Crippen molar-refractivity contribution in [2.24, 2.45) is 5.73 Å². The highest BCUT2D eigenvalue weighted by atomic mass is 16.5. The van der Waals surface area contributed by atoms with Crippen molar-refractivity contribution in [2.45, 2.75) is 6.10 Å². The molecule has 0 saturated heterocycles. The van der Waals surface area contributed by atoms with Crippen LogP contribution in [0.4, 0.5) is 0 Å². The number of hydrogen-bond donors (Lipinski definition) is 2. The fourth-order valence-corrected chi connectivity index (χ4v) is 1.41. The van der Waals surface area contributed by atoms with Gasteiger partial charge in [0.15, 0.2) is 0 Å². The number of hydrogen-bond acceptors (Lipinski definition) is 4. The van der Waals surface area contributed by atoms with Crippen molar-refractivity contribution in [2.75, 3.05) is 0 Å². The monoisotopic (exact) mass is 188 g/mol.